The van der Waals surface area contributed by atoms with E-state index in [9.17, 15) is 4.79 Å². The molecule has 4 nitrogen and oxygen atoms in total. The minimum atomic E-state index is -0.0939. The third-order valence-electron chi connectivity index (χ3n) is 2.14. The molecule has 1 fully saturated rings. The normalized spacial score (nSPS) is 16.4. The zero-order valence-electron chi connectivity index (χ0n) is 7.64. The molecule has 1 aliphatic rings. The van der Waals surface area contributed by atoms with E-state index in [1.807, 2.05) is 12.1 Å². The van der Waals surface area contributed by atoms with Crippen LogP contribution in [0.3, 0.4) is 0 Å². The SMILES string of the molecule is O=C1CCON1c1ccccc1CO. The number of benzene rings is 1. The number of nitrogens with zero attached hydrogens (tertiary/aromatic N) is 1. The number of para-hydroxylation sites is 1. The van der Waals surface area contributed by atoms with Gasteiger partial charge in [0.2, 0.25) is 0 Å². The molecule has 0 aliphatic carbocycles. The summed E-state index contributed by atoms with van der Waals surface area (Å²) in [6, 6.07) is 7.15. The van der Waals surface area contributed by atoms with E-state index in [0.717, 1.165) is 0 Å². The van der Waals surface area contributed by atoms with Crippen LogP contribution < -0.4 is 5.06 Å². The van der Waals surface area contributed by atoms with Crippen molar-refractivity contribution in [3.05, 3.63) is 29.8 Å². The molecule has 1 N–H and O–H groups in total. The van der Waals surface area contributed by atoms with Gasteiger partial charge in [-0.15, -0.1) is 0 Å². The predicted octanol–water partition coefficient (Wildman–Crippen LogP) is 0.847. The highest BCUT2D eigenvalue weighted by Crippen LogP contribution is 2.24. The molecule has 1 aromatic rings. The van der Waals surface area contributed by atoms with Gasteiger partial charge in [0.15, 0.2) is 0 Å². The van der Waals surface area contributed by atoms with Gasteiger partial charge < -0.3 is 5.11 Å². The Kier molecular flexibility index (Phi) is 2.47. The molecule has 1 saturated heterocycles. The van der Waals surface area contributed by atoms with E-state index >= 15 is 0 Å². The van der Waals surface area contributed by atoms with Gasteiger partial charge in [-0.2, -0.15) is 5.06 Å². The maximum atomic E-state index is 11.4. The van der Waals surface area contributed by atoms with E-state index in [1.54, 1.807) is 12.1 Å². The summed E-state index contributed by atoms with van der Waals surface area (Å²) in [6.45, 7) is 0.321. The highest BCUT2D eigenvalue weighted by atomic mass is 16.7. The molecule has 14 heavy (non-hydrogen) atoms. The summed E-state index contributed by atoms with van der Waals surface area (Å²) in [7, 11) is 0. The van der Waals surface area contributed by atoms with Crippen LogP contribution in [-0.4, -0.2) is 17.6 Å². The fourth-order valence-corrected chi connectivity index (χ4v) is 1.44. The number of hydroxylamine groups is 1. The molecule has 0 atom stereocenters. The second-order valence-corrected chi connectivity index (χ2v) is 3.06. The second-order valence-electron chi connectivity index (χ2n) is 3.06. The smallest absolute Gasteiger partial charge is 0.253 e. The Balaban J connectivity index is 2.35. The van der Waals surface area contributed by atoms with E-state index < -0.39 is 0 Å². The standard InChI is InChI=1S/C10H11NO3/c12-7-8-3-1-2-4-9(8)11-10(13)5-6-14-11/h1-4,12H,5-7H2. The summed E-state index contributed by atoms with van der Waals surface area (Å²) in [5.74, 6) is -0.0640. The number of anilines is 1. The topological polar surface area (TPSA) is 49.8 Å². The summed E-state index contributed by atoms with van der Waals surface area (Å²) >= 11 is 0. The molecule has 0 aromatic heterocycles. The Morgan fingerprint density at radius 1 is 1.43 bits per heavy atom. The fraction of sp³-hybridized carbons (Fsp3) is 0.300. The Labute approximate surface area is 81.7 Å². The first-order chi connectivity index (χ1) is 6.83. The van der Waals surface area contributed by atoms with Gasteiger partial charge in [0.1, 0.15) is 0 Å². The summed E-state index contributed by atoms with van der Waals surface area (Å²) in [4.78, 5) is 16.5. The van der Waals surface area contributed by atoms with E-state index in [-0.39, 0.29) is 12.5 Å². The van der Waals surface area contributed by atoms with Gasteiger partial charge in [-0.1, -0.05) is 18.2 Å². The lowest BCUT2D eigenvalue weighted by molar-refractivity contribution is -0.119. The molecule has 4 heteroatoms. The number of rotatable bonds is 2. The van der Waals surface area contributed by atoms with Crippen molar-refractivity contribution in [3.8, 4) is 0 Å². The molecule has 0 spiro atoms. The number of carbonyl (C=O) groups excluding carboxylic acids is 1. The van der Waals surface area contributed by atoms with Crippen LogP contribution in [0, 0.1) is 0 Å². The van der Waals surface area contributed by atoms with Crippen LogP contribution in [0.25, 0.3) is 0 Å². The maximum Gasteiger partial charge on any atom is 0.253 e. The van der Waals surface area contributed by atoms with Crippen molar-refractivity contribution < 1.29 is 14.7 Å². The highest BCUT2D eigenvalue weighted by molar-refractivity contribution is 5.93. The molecule has 0 radical (unpaired) electrons. The van der Waals surface area contributed by atoms with E-state index in [2.05, 4.69) is 0 Å². The lowest BCUT2D eigenvalue weighted by Crippen LogP contribution is -2.23. The summed E-state index contributed by atoms with van der Waals surface area (Å²) in [6.07, 6.45) is 0.403. The molecule has 1 aromatic carbocycles. The van der Waals surface area contributed by atoms with Crippen molar-refractivity contribution in [2.45, 2.75) is 13.0 Å². The van der Waals surface area contributed by atoms with Crippen molar-refractivity contribution in [2.24, 2.45) is 0 Å². The number of carbonyl (C=O) groups is 1. The van der Waals surface area contributed by atoms with Gasteiger partial charge >= 0.3 is 0 Å². The first-order valence-electron chi connectivity index (χ1n) is 4.47. The maximum absolute atomic E-state index is 11.4. The average molecular weight is 193 g/mol. The quantitative estimate of drug-likeness (QED) is 0.757. The van der Waals surface area contributed by atoms with Crippen molar-refractivity contribution in [1.82, 2.24) is 0 Å². The third-order valence-corrected chi connectivity index (χ3v) is 2.14. The monoisotopic (exact) mass is 193 g/mol. The van der Waals surface area contributed by atoms with Gasteiger partial charge in [-0.25, -0.2) is 0 Å². The van der Waals surface area contributed by atoms with Gasteiger partial charge in [-0.05, 0) is 6.07 Å². The van der Waals surface area contributed by atoms with Gasteiger partial charge in [0, 0.05) is 5.56 Å². The summed E-state index contributed by atoms with van der Waals surface area (Å²) in [5, 5.41) is 10.3. The minimum absolute atomic E-state index is 0.0640. The number of amides is 1. The van der Waals surface area contributed by atoms with Crippen LogP contribution in [0.5, 0.6) is 0 Å². The summed E-state index contributed by atoms with van der Waals surface area (Å²) < 4.78 is 0. The highest BCUT2D eigenvalue weighted by Gasteiger charge is 2.24. The number of aliphatic hydroxyl groups excluding tert-OH is 1. The molecule has 0 saturated carbocycles. The molecule has 2 rings (SSSR count). The van der Waals surface area contributed by atoms with Gasteiger partial charge in [0.25, 0.3) is 5.91 Å². The predicted molar refractivity (Wildman–Crippen MR) is 50.4 cm³/mol. The van der Waals surface area contributed by atoms with Gasteiger partial charge in [0.05, 0.1) is 25.3 Å². The molecule has 74 valence electrons. The van der Waals surface area contributed by atoms with Crippen molar-refractivity contribution >= 4 is 11.6 Å². The van der Waals surface area contributed by atoms with Crippen LogP contribution in [0.4, 0.5) is 5.69 Å². The molecule has 0 unspecified atom stereocenters. The summed E-state index contributed by atoms with van der Waals surface area (Å²) in [5.41, 5.74) is 1.33. The van der Waals surface area contributed by atoms with E-state index in [1.165, 1.54) is 5.06 Å². The first-order valence-corrected chi connectivity index (χ1v) is 4.47. The molecular weight excluding hydrogens is 182 g/mol. The van der Waals surface area contributed by atoms with Crippen molar-refractivity contribution in [2.75, 3.05) is 11.7 Å². The molecule has 1 heterocycles. The van der Waals surface area contributed by atoms with Crippen LogP contribution in [-0.2, 0) is 16.2 Å². The van der Waals surface area contributed by atoms with Crippen molar-refractivity contribution in [1.29, 1.82) is 0 Å². The van der Waals surface area contributed by atoms with Crippen LogP contribution in [0.2, 0.25) is 0 Å². The first kappa shape index (κ1) is 9.18. The zero-order valence-corrected chi connectivity index (χ0v) is 7.64. The van der Waals surface area contributed by atoms with Crippen LogP contribution in [0.1, 0.15) is 12.0 Å². The molecule has 1 amide bonds. The van der Waals surface area contributed by atoms with E-state index in [0.29, 0.717) is 24.3 Å². The van der Waals surface area contributed by atoms with E-state index in [4.69, 9.17) is 9.94 Å². The zero-order chi connectivity index (χ0) is 9.97. The van der Waals surface area contributed by atoms with Crippen LogP contribution in [0.15, 0.2) is 24.3 Å². The molecule has 0 bridgehead atoms. The Hall–Kier alpha value is -1.39. The Bertz CT molecular complexity index is 351. The van der Waals surface area contributed by atoms with Crippen molar-refractivity contribution in [3.63, 3.8) is 0 Å². The lowest BCUT2D eigenvalue weighted by atomic mass is 10.2. The Morgan fingerprint density at radius 2 is 2.21 bits per heavy atom. The minimum Gasteiger partial charge on any atom is -0.392 e. The number of hydrogen-bond acceptors (Lipinski definition) is 3. The molecular formula is C10H11NO3. The number of hydrogen-bond donors (Lipinski definition) is 1. The van der Waals surface area contributed by atoms with Gasteiger partial charge in [-0.3, -0.25) is 9.63 Å². The average Bonchev–Trinajstić information content (AvgIpc) is 2.64. The number of aliphatic hydroxyl groups is 1. The molecule has 1 aliphatic heterocycles. The van der Waals surface area contributed by atoms with Crippen LogP contribution >= 0.6 is 0 Å². The second kappa shape index (κ2) is 3.77. The third kappa shape index (κ3) is 1.49. The fourth-order valence-electron chi connectivity index (χ4n) is 1.44. The lowest BCUT2D eigenvalue weighted by Gasteiger charge is -2.16. The Morgan fingerprint density at radius 3 is 2.86 bits per heavy atom. The largest absolute Gasteiger partial charge is 0.392 e.